The lowest BCUT2D eigenvalue weighted by Crippen LogP contribution is -2.10. The summed E-state index contributed by atoms with van der Waals surface area (Å²) in [6.45, 7) is 2.72. The summed E-state index contributed by atoms with van der Waals surface area (Å²) in [7, 11) is 0. The third-order valence-corrected chi connectivity index (χ3v) is 2.86. The number of aryl methyl sites for hydroxylation is 1. The average molecular weight is 287 g/mol. The van der Waals surface area contributed by atoms with Crippen LogP contribution in [0.15, 0.2) is 30.5 Å². The predicted octanol–water partition coefficient (Wildman–Crippen LogP) is 3.67. The van der Waals surface area contributed by atoms with E-state index in [1.807, 2.05) is 6.92 Å². The highest BCUT2D eigenvalue weighted by molar-refractivity contribution is 5.48. The van der Waals surface area contributed by atoms with Gasteiger partial charge in [0.2, 0.25) is 0 Å². The minimum absolute atomic E-state index is 0.177. The van der Waals surface area contributed by atoms with Crippen molar-refractivity contribution in [2.75, 3.05) is 5.32 Å². The van der Waals surface area contributed by atoms with Crippen LogP contribution < -0.4 is 5.32 Å². The van der Waals surface area contributed by atoms with Crippen molar-refractivity contribution in [2.24, 2.45) is 0 Å². The highest BCUT2D eigenvalue weighted by Crippen LogP contribution is 2.31. The number of nitrogens with zero attached hydrogens (tertiary/aromatic N) is 2. The van der Waals surface area contributed by atoms with E-state index < -0.39 is 17.6 Å². The molecule has 0 aliphatic rings. The van der Waals surface area contributed by atoms with Crippen LogP contribution in [-0.2, 0) is 19.3 Å². The number of halogens is 4. The van der Waals surface area contributed by atoms with E-state index >= 15 is 0 Å². The normalized spacial score (nSPS) is 11.7. The van der Waals surface area contributed by atoms with Crippen molar-refractivity contribution in [3.8, 4) is 0 Å². The maximum Gasteiger partial charge on any atom is 0.416 e. The summed E-state index contributed by atoms with van der Waals surface area (Å²) in [4.78, 5) is 0. The van der Waals surface area contributed by atoms with Crippen molar-refractivity contribution in [1.82, 2.24) is 9.78 Å². The molecule has 0 bridgehead atoms. The molecule has 0 aliphatic carbocycles. The van der Waals surface area contributed by atoms with E-state index in [9.17, 15) is 17.6 Å². The van der Waals surface area contributed by atoms with Crippen LogP contribution in [0.3, 0.4) is 0 Å². The Balaban J connectivity index is 2.17. The number of anilines is 1. The van der Waals surface area contributed by atoms with Crippen LogP contribution in [-0.4, -0.2) is 9.78 Å². The molecule has 1 aromatic carbocycles. The van der Waals surface area contributed by atoms with Crippen LogP contribution >= 0.6 is 0 Å². The summed E-state index contributed by atoms with van der Waals surface area (Å²) in [5.74, 6) is -0.722. The molecule has 0 saturated heterocycles. The summed E-state index contributed by atoms with van der Waals surface area (Å²) in [5, 5.41) is 6.70. The van der Waals surface area contributed by atoms with Crippen molar-refractivity contribution in [1.29, 1.82) is 0 Å². The van der Waals surface area contributed by atoms with E-state index in [0.29, 0.717) is 6.54 Å². The summed E-state index contributed by atoms with van der Waals surface area (Å²) >= 11 is 0. The summed E-state index contributed by atoms with van der Waals surface area (Å²) in [6.07, 6.45) is -2.90. The lowest BCUT2D eigenvalue weighted by Gasteiger charge is -2.12. The molecular formula is C13H13F4N3. The van der Waals surface area contributed by atoms with Crippen molar-refractivity contribution < 1.29 is 17.6 Å². The first-order valence-corrected chi connectivity index (χ1v) is 6.03. The van der Waals surface area contributed by atoms with Crippen LogP contribution in [0.25, 0.3) is 0 Å². The highest BCUT2D eigenvalue weighted by atomic mass is 19.4. The molecule has 3 nitrogen and oxygen atoms in total. The number of aromatic nitrogens is 2. The molecule has 2 aromatic rings. The maximum absolute atomic E-state index is 13.5. The van der Waals surface area contributed by atoms with Crippen LogP contribution in [0.2, 0.25) is 0 Å². The van der Waals surface area contributed by atoms with E-state index in [2.05, 4.69) is 10.4 Å². The quantitative estimate of drug-likeness (QED) is 0.869. The Kier molecular flexibility index (Phi) is 3.96. The largest absolute Gasteiger partial charge is 0.416 e. The number of alkyl halides is 3. The van der Waals surface area contributed by atoms with Gasteiger partial charge in [0.25, 0.3) is 0 Å². The summed E-state index contributed by atoms with van der Waals surface area (Å²) < 4.78 is 52.9. The minimum atomic E-state index is -4.49. The SMILES string of the molecule is CCn1nccc1CNc1cc(C(F)(F)F)ccc1F. The first-order valence-electron chi connectivity index (χ1n) is 6.03. The molecule has 2 rings (SSSR count). The minimum Gasteiger partial charge on any atom is -0.377 e. The second-order valence-electron chi connectivity index (χ2n) is 4.18. The summed E-state index contributed by atoms with van der Waals surface area (Å²) in [5.41, 5.74) is -0.293. The van der Waals surface area contributed by atoms with Gasteiger partial charge >= 0.3 is 6.18 Å². The van der Waals surface area contributed by atoms with Crippen molar-refractivity contribution in [3.05, 3.63) is 47.5 Å². The van der Waals surface area contributed by atoms with Crippen LogP contribution in [0.5, 0.6) is 0 Å². The number of benzene rings is 1. The van der Waals surface area contributed by atoms with Crippen LogP contribution in [0.1, 0.15) is 18.2 Å². The Morgan fingerprint density at radius 1 is 1.25 bits per heavy atom. The van der Waals surface area contributed by atoms with Gasteiger partial charge in [0.1, 0.15) is 5.82 Å². The molecule has 0 atom stereocenters. The fourth-order valence-electron chi connectivity index (χ4n) is 1.82. The van der Waals surface area contributed by atoms with Crippen molar-refractivity contribution in [3.63, 3.8) is 0 Å². The zero-order valence-electron chi connectivity index (χ0n) is 10.7. The van der Waals surface area contributed by atoms with Gasteiger partial charge in [-0.05, 0) is 31.2 Å². The number of hydrogen-bond acceptors (Lipinski definition) is 2. The third-order valence-electron chi connectivity index (χ3n) is 2.86. The van der Waals surface area contributed by atoms with Crippen LogP contribution in [0, 0.1) is 5.82 Å². The molecule has 0 aliphatic heterocycles. The monoisotopic (exact) mass is 287 g/mol. The zero-order valence-corrected chi connectivity index (χ0v) is 10.7. The smallest absolute Gasteiger partial charge is 0.377 e. The molecule has 1 aromatic heterocycles. The molecule has 0 radical (unpaired) electrons. The average Bonchev–Trinajstić information content (AvgIpc) is 2.83. The lowest BCUT2D eigenvalue weighted by atomic mass is 10.2. The van der Waals surface area contributed by atoms with E-state index in [0.717, 1.165) is 23.9 Å². The van der Waals surface area contributed by atoms with E-state index in [1.54, 1.807) is 16.9 Å². The number of hydrogen-bond donors (Lipinski definition) is 1. The van der Waals surface area contributed by atoms with Crippen molar-refractivity contribution in [2.45, 2.75) is 26.2 Å². The molecule has 0 amide bonds. The lowest BCUT2D eigenvalue weighted by molar-refractivity contribution is -0.137. The molecule has 0 fully saturated rings. The molecule has 7 heteroatoms. The predicted molar refractivity (Wildman–Crippen MR) is 66.6 cm³/mol. The maximum atomic E-state index is 13.5. The standard InChI is InChI=1S/C13H13F4N3/c1-2-20-10(5-6-19-20)8-18-12-7-9(13(15,16)17)3-4-11(12)14/h3-7,18H,2,8H2,1H3. The van der Waals surface area contributed by atoms with Gasteiger partial charge in [-0.25, -0.2) is 4.39 Å². The molecule has 0 spiro atoms. The topological polar surface area (TPSA) is 29.9 Å². The zero-order chi connectivity index (χ0) is 14.8. The van der Waals surface area contributed by atoms with Gasteiger partial charge in [-0.15, -0.1) is 0 Å². The first kappa shape index (κ1) is 14.4. The van der Waals surface area contributed by atoms with Gasteiger partial charge < -0.3 is 5.32 Å². The number of nitrogens with one attached hydrogen (secondary N) is 1. The molecular weight excluding hydrogens is 274 g/mol. The van der Waals surface area contributed by atoms with Gasteiger partial charge in [0.15, 0.2) is 0 Å². The van der Waals surface area contributed by atoms with Gasteiger partial charge in [-0.3, -0.25) is 4.68 Å². The Morgan fingerprint density at radius 3 is 2.65 bits per heavy atom. The summed E-state index contributed by atoms with van der Waals surface area (Å²) in [6, 6.07) is 4.02. The van der Waals surface area contributed by atoms with Crippen LogP contribution in [0.4, 0.5) is 23.2 Å². The van der Waals surface area contributed by atoms with E-state index in [1.165, 1.54) is 0 Å². The Bertz CT molecular complexity index is 590. The van der Waals surface area contributed by atoms with Crippen molar-refractivity contribution >= 4 is 5.69 Å². The Labute approximate surface area is 113 Å². The molecule has 0 saturated carbocycles. The van der Waals surface area contributed by atoms with Gasteiger partial charge in [-0.1, -0.05) is 0 Å². The fraction of sp³-hybridized carbons (Fsp3) is 0.308. The molecule has 20 heavy (non-hydrogen) atoms. The molecule has 0 unspecified atom stereocenters. The second kappa shape index (κ2) is 5.52. The third kappa shape index (κ3) is 3.09. The van der Waals surface area contributed by atoms with E-state index in [4.69, 9.17) is 0 Å². The Morgan fingerprint density at radius 2 is 2.00 bits per heavy atom. The first-order chi connectivity index (χ1) is 9.41. The van der Waals surface area contributed by atoms with E-state index in [-0.39, 0.29) is 12.2 Å². The molecule has 1 heterocycles. The Hall–Kier alpha value is -2.05. The second-order valence-corrected chi connectivity index (χ2v) is 4.18. The van der Waals surface area contributed by atoms with Gasteiger partial charge in [-0.2, -0.15) is 18.3 Å². The fourth-order valence-corrected chi connectivity index (χ4v) is 1.82. The molecule has 108 valence electrons. The van der Waals surface area contributed by atoms with Gasteiger partial charge in [0, 0.05) is 12.7 Å². The number of rotatable bonds is 4. The van der Waals surface area contributed by atoms with Gasteiger partial charge in [0.05, 0.1) is 23.5 Å². The highest BCUT2D eigenvalue weighted by Gasteiger charge is 2.31. The molecule has 1 N–H and O–H groups in total.